The predicted octanol–water partition coefficient (Wildman–Crippen LogP) is 5.27. The van der Waals surface area contributed by atoms with Crippen molar-refractivity contribution in [1.82, 2.24) is 9.78 Å². The lowest BCUT2D eigenvalue weighted by atomic mass is 10.1. The molecule has 0 unspecified atom stereocenters. The third kappa shape index (κ3) is 4.53. The Labute approximate surface area is 201 Å². The molecule has 7 nitrogen and oxygen atoms in total. The summed E-state index contributed by atoms with van der Waals surface area (Å²) < 4.78 is 16.7. The minimum atomic E-state index is -0.691. The smallest absolute Gasteiger partial charge is 0.357 e. The minimum absolute atomic E-state index is 0.000185. The fourth-order valence-electron chi connectivity index (χ4n) is 3.47. The van der Waals surface area contributed by atoms with Crippen molar-refractivity contribution in [2.45, 2.75) is 9.79 Å². The topological polar surface area (TPSA) is 79.7 Å². The molecule has 0 atom stereocenters. The molecule has 4 rings (SSSR count). The van der Waals surface area contributed by atoms with Crippen molar-refractivity contribution in [3.8, 4) is 22.7 Å². The normalized spacial score (nSPS) is 10.6. The first-order valence-corrected chi connectivity index (χ1v) is 11.2. The zero-order valence-corrected chi connectivity index (χ0v) is 19.7. The number of para-hydroxylation sites is 1. The number of hydrogen-bond donors (Lipinski definition) is 0. The Morgan fingerprint density at radius 1 is 0.794 bits per heavy atom. The van der Waals surface area contributed by atoms with Crippen LogP contribution >= 0.6 is 11.8 Å². The van der Waals surface area contributed by atoms with Gasteiger partial charge in [-0.15, -0.1) is 0 Å². The summed E-state index contributed by atoms with van der Waals surface area (Å²) in [5.41, 5.74) is 1.66. The quantitative estimate of drug-likeness (QED) is 0.338. The van der Waals surface area contributed by atoms with E-state index in [0.29, 0.717) is 16.9 Å². The van der Waals surface area contributed by atoms with E-state index in [9.17, 15) is 9.59 Å². The molecule has 3 aromatic carbocycles. The van der Waals surface area contributed by atoms with Crippen LogP contribution in [-0.4, -0.2) is 43.0 Å². The van der Waals surface area contributed by atoms with Gasteiger partial charge in [-0.25, -0.2) is 14.3 Å². The summed E-state index contributed by atoms with van der Waals surface area (Å²) in [5, 5.41) is 4.70. The second-order valence-corrected chi connectivity index (χ2v) is 8.19. The molecule has 0 saturated carbocycles. The first kappa shape index (κ1) is 23.1. The summed E-state index contributed by atoms with van der Waals surface area (Å²) in [6, 6.07) is 24.3. The molecule has 4 aromatic rings. The Bertz CT molecular complexity index is 1320. The highest BCUT2D eigenvalue weighted by molar-refractivity contribution is 7.99. The zero-order chi connectivity index (χ0) is 24.1. The fourth-order valence-corrected chi connectivity index (χ4v) is 4.41. The van der Waals surface area contributed by atoms with Crippen LogP contribution in [-0.2, 0) is 9.47 Å². The van der Waals surface area contributed by atoms with Crippen molar-refractivity contribution in [3.05, 3.63) is 90.1 Å². The maximum absolute atomic E-state index is 12.9. The van der Waals surface area contributed by atoms with Gasteiger partial charge < -0.3 is 14.2 Å². The van der Waals surface area contributed by atoms with Gasteiger partial charge in [-0.1, -0.05) is 48.2 Å². The van der Waals surface area contributed by atoms with Crippen molar-refractivity contribution < 1.29 is 23.8 Å². The second-order valence-electron chi connectivity index (χ2n) is 7.08. The van der Waals surface area contributed by atoms with Crippen LogP contribution in [0.25, 0.3) is 16.9 Å². The first-order valence-electron chi connectivity index (χ1n) is 10.3. The van der Waals surface area contributed by atoms with Gasteiger partial charge in [0.1, 0.15) is 17.0 Å². The predicted molar refractivity (Wildman–Crippen MR) is 129 cm³/mol. The van der Waals surface area contributed by atoms with E-state index in [1.807, 2.05) is 66.7 Å². The van der Waals surface area contributed by atoms with E-state index in [1.54, 1.807) is 19.2 Å². The number of hydrogen-bond acceptors (Lipinski definition) is 7. The monoisotopic (exact) mass is 474 g/mol. The molecule has 0 spiro atoms. The molecule has 0 amide bonds. The number of rotatable bonds is 7. The van der Waals surface area contributed by atoms with Crippen LogP contribution in [0.15, 0.2) is 88.7 Å². The highest BCUT2D eigenvalue weighted by Crippen LogP contribution is 2.38. The molecule has 8 heteroatoms. The van der Waals surface area contributed by atoms with Gasteiger partial charge in [0, 0.05) is 15.4 Å². The van der Waals surface area contributed by atoms with Gasteiger partial charge in [0.15, 0.2) is 5.69 Å². The maximum atomic E-state index is 12.9. The van der Waals surface area contributed by atoms with Crippen LogP contribution in [0.3, 0.4) is 0 Å². The van der Waals surface area contributed by atoms with E-state index >= 15 is 0 Å². The number of benzene rings is 3. The number of aromatic nitrogens is 2. The molecule has 34 heavy (non-hydrogen) atoms. The Balaban J connectivity index is 1.92. The molecular weight excluding hydrogens is 452 g/mol. The SMILES string of the molecule is COC(=O)c1c(-c2ccccc2Sc2ccc(OC)cc2)nn(-c2ccccc2)c1C(=O)OC. The van der Waals surface area contributed by atoms with Gasteiger partial charge in [0.2, 0.25) is 0 Å². The minimum Gasteiger partial charge on any atom is -0.497 e. The van der Waals surface area contributed by atoms with E-state index in [2.05, 4.69) is 0 Å². The molecule has 0 saturated heterocycles. The molecule has 172 valence electrons. The molecule has 0 aliphatic carbocycles. The molecule has 0 aliphatic rings. The van der Waals surface area contributed by atoms with Crippen LogP contribution in [0.4, 0.5) is 0 Å². The standard InChI is InChI=1S/C26H22N2O5S/c1-31-18-13-15-19(16-14-18)34-21-12-8-7-11-20(21)23-22(25(29)32-2)24(26(30)33-3)28(27-23)17-9-5-4-6-10-17/h4-16H,1-3H3. The highest BCUT2D eigenvalue weighted by atomic mass is 32.2. The van der Waals surface area contributed by atoms with Crippen LogP contribution in [0, 0.1) is 0 Å². The highest BCUT2D eigenvalue weighted by Gasteiger charge is 2.32. The molecule has 0 N–H and O–H groups in total. The van der Waals surface area contributed by atoms with E-state index in [-0.39, 0.29) is 11.3 Å². The van der Waals surface area contributed by atoms with Gasteiger partial charge in [-0.3, -0.25) is 0 Å². The summed E-state index contributed by atoms with van der Waals surface area (Å²) in [4.78, 5) is 27.6. The van der Waals surface area contributed by atoms with Crippen LogP contribution in [0.1, 0.15) is 20.8 Å². The molecular formula is C26H22N2O5S. The maximum Gasteiger partial charge on any atom is 0.357 e. The van der Waals surface area contributed by atoms with Crippen molar-refractivity contribution in [2.75, 3.05) is 21.3 Å². The average Bonchev–Trinajstić information content (AvgIpc) is 3.29. The zero-order valence-electron chi connectivity index (χ0n) is 18.8. The van der Waals surface area contributed by atoms with Crippen molar-refractivity contribution in [1.29, 1.82) is 0 Å². The Morgan fingerprint density at radius 2 is 1.44 bits per heavy atom. The lowest BCUT2D eigenvalue weighted by molar-refractivity contribution is 0.0549. The summed E-state index contributed by atoms with van der Waals surface area (Å²) in [5.74, 6) is -0.611. The third-order valence-corrected chi connectivity index (χ3v) is 6.17. The molecule has 0 radical (unpaired) electrons. The van der Waals surface area contributed by atoms with Gasteiger partial charge in [-0.05, 0) is 42.5 Å². The van der Waals surface area contributed by atoms with Crippen LogP contribution in [0.5, 0.6) is 5.75 Å². The Morgan fingerprint density at radius 3 is 2.09 bits per heavy atom. The second kappa shape index (κ2) is 10.3. The van der Waals surface area contributed by atoms with Gasteiger partial charge in [0.05, 0.1) is 27.0 Å². The molecule has 0 bridgehead atoms. The fraction of sp³-hybridized carbons (Fsp3) is 0.115. The van der Waals surface area contributed by atoms with Crippen LogP contribution < -0.4 is 4.74 Å². The van der Waals surface area contributed by atoms with Gasteiger partial charge >= 0.3 is 11.9 Å². The largest absolute Gasteiger partial charge is 0.497 e. The number of ether oxygens (including phenoxy) is 3. The molecule has 1 heterocycles. The summed E-state index contributed by atoms with van der Waals surface area (Å²) in [6.45, 7) is 0. The van der Waals surface area contributed by atoms with Crippen LogP contribution in [0.2, 0.25) is 0 Å². The van der Waals surface area contributed by atoms with Crippen molar-refractivity contribution in [3.63, 3.8) is 0 Å². The summed E-state index contributed by atoms with van der Waals surface area (Å²) in [6.07, 6.45) is 0. The number of carbonyl (C=O) groups excluding carboxylic acids is 2. The van der Waals surface area contributed by atoms with E-state index in [1.165, 1.54) is 30.7 Å². The Hall–Kier alpha value is -4.04. The number of methoxy groups -OCH3 is 3. The molecule has 0 fully saturated rings. The third-order valence-electron chi connectivity index (χ3n) is 5.08. The average molecular weight is 475 g/mol. The van der Waals surface area contributed by atoms with Gasteiger partial charge in [-0.2, -0.15) is 5.10 Å². The van der Waals surface area contributed by atoms with Crippen molar-refractivity contribution in [2.24, 2.45) is 0 Å². The van der Waals surface area contributed by atoms with E-state index in [0.717, 1.165) is 15.5 Å². The first-order chi connectivity index (χ1) is 16.6. The van der Waals surface area contributed by atoms with Crippen molar-refractivity contribution >= 4 is 23.7 Å². The van der Waals surface area contributed by atoms with E-state index in [4.69, 9.17) is 19.3 Å². The lowest BCUT2D eigenvalue weighted by Gasteiger charge is -2.09. The molecule has 0 aliphatic heterocycles. The Kier molecular flexibility index (Phi) is 6.98. The van der Waals surface area contributed by atoms with E-state index < -0.39 is 11.9 Å². The number of nitrogens with zero attached hydrogens (tertiary/aromatic N) is 2. The summed E-state index contributed by atoms with van der Waals surface area (Å²) in [7, 11) is 4.15. The summed E-state index contributed by atoms with van der Waals surface area (Å²) >= 11 is 1.51. The number of carbonyl (C=O) groups is 2. The molecule has 1 aromatic heterocycles. The van der Waals surface area contributed by atoms with Gasteiger partial charge in [0.25, 0.3) is 0 Å². The number of esters is 2. The lowest BCUT2D eigenvalue weighted by Crippen LogP contribution is -2.15.